The molecule has 106 valence electrons. The summed E-state index contributed by atoms with van der Waals surface area (Å²) in [6.45, 7) is 0.258. The summed E-state index contributed by atoms with van der Waals surface area (Å²) in [4.78, 5) is 25.5. The SMILES string of the molecule is O=C(O)C1Cc2ccccc2N(C(=O)C2CSCN2)C1. The van der Waals surface area contributed by atoms with E-state index in [1.54, 1.807) is 16.7 Å². The van der Waals surface area contributed by atoms with Crippen molar-refractivity contribution in [2.75, 3.05) is 23.1 Å². The van der Waals surface area contributed by atoms with E-state index in [1.165, 1.54) is 0 Å². The van der Waals surface area contributed by atoms with Crippen molar-refractivity contribution in [2.24, 2.45) is 5.92 Å². The molecule has 1 amide bonds. The number of carbonyl (C=O) groups is 2. The van der Waals surface area contributed by atoms with Gasteiger partial charge in [0.25, 0.3) is 0 Å². The molecule has 0 aromatic heterocycles. The average molecular weight is 292 g/mol. The molecular formula is C14H16N2O3S. The van der Waals surface area contributed by atoms with E-state index in [4.69, 9.17) is 0 Å². The highest BCUT2D eigenvalue weighted by molar-refractivity contribution is 7.99. The van der Waals surface area contributed by atoms with Crippen LogP contribution in [0.4, 0.5) is 5.69 Å². The number of thioether (sulfide) groups is 1. The molecule has 1 saturated heterocycles. The Bertz CT molecular complexity index is 543. The first kappa shape index (κ1) is 13.5. The van der Waals surface area contributed by atoms with Crippen LogP contribution in [0.1, 0.15) is 5.56 Å². The zero-order chi connectivity index (χ0) is 14.1. The standard InChI is InChI=1S/C14H16N2O3S/c17-13(11-7-20-8-15-11)16-6-10(14(18)19)5-9-3-1-2-4-12(9)16/h1-4,10-11,15H,5-8H2,(H,18,19). The maximum atomic E-state index is 12.6. The summed E-state index contributed by atoms with van der Waals surface area (Å²) >= 11 is 1.69. The Kier molecular flexibility index (Phi) is 3.67. The summed E-state index contributed by atoms with van der Waals surface area (Å²) in [5, 5.41) is 12.4. The van der Waals surface area contributed by atoms with Crippen molar-refractivity contribution in [1.29, 1.82) is 0 Å². The number of hydrogen-bond acceptors (Lipinski definition) is 4. The van der Waals surface area contributed by atoms with Gasteiger partial charge in [0.2, 0.25) is 5.91 Å². The van der Waals surface area contributed by atoms with Gasteiger partial charge in [-0.2, -0.15) is 0 Å². The Hall–Kier alpha value is -1.53. The van der Waals surface area contributed by atoms with E-state index in [9.17, 15) is 14.7 Å². The molecule has 3 rings (SSSR count). The molecular weight excluding hydrogens is 276 g/mol. The third-order valence-corrected chi connectivity index (χ3v) is 4.72. The number of carboxylic acid groups (broad SMARTS) is 1. The van der Waals surface area contributed by atoms with Crippen LogP contribution in [0.2, 0.25) is 0 Å². The normalized spacial score (nSPS) is 25.3. The number of benzene rings is 1. The summed E-state index contributed by atoms with van der Waals surface area (Å²) in [5.41, 5.74) is 1.79. The van der Waals surface area contributed by atoms with Gasteiger partial charge in [-0.1, -0.05) is 18.2 Å². The van der Waals surface area contributed by atoms with Crippen LogP contribution in [0.25, 0.3) is 0 Å². The third kappa shape index (κ3) is 2.41. The Balaban J connectivity index is 1.91. The second-order valence-electron chi connectivity index (χ2n) is 5.09. The number of fused-ring (bicyclic) bond motifs is 1. The van der Waals surface area contributed by atoms with E-state index in [0.29, 0.717) is 6.42 Å². The summed E-state index contributed by atoms with van der Waals surface area (Å²) in [5.74, 6) is 0.131. The molecule has 0 bridgehead atoms. The van der Waals surface area contributed by atoms with Crippen LogP contribution >= 0.6 is 11.8 Å². The number of carbonyl (C=O) groups excluding carboxylic acids is 1. The predicted octanol–water partition coefficient (Wildman–Crippen LogP) is 0.939. The van der Waals surface area contributed by atoms with Crippen molar-refractivity contribution in [2.45, 2.75) is 12.5 Å². The zero-order valence-corrected chi connectivity index (χ0v) is 11.7. The summed E-state index contributed by atoms with van der Waals surface area (Å²) in [7, 11) is 0. The van der Waals surface area contributed by atoms with Gasteiger partial charge >= 0.3 is 5.97 Å². The van der Waals surface area contributed by atoms with E-state index in [0.717, 1.165) is 22.9 Å². The molecule has 1 fully saturated rings. The lowest BCUT2D eigenvalue weighted by Gasteiger charge is -2.34. The third-order valence-electron chi connectivity index (χ3n) is 3.78. The van der Waals surface area contributed by atoms with Gasteiger partial charge in [0.15, 0.2) is 0 Å². The highest BCUT2D eigenvalue weighted by Gasteiger charge is 2.35. The average Bonchev–Trinajstić information content (AvgIpc) is 2.99. The molecule has 2 heterocycles. The lowest BCUT2D eigenvalue weighted by atomic mass is 9.92. The number of nitrogens with zero attached hydrogens (tertiary/aromatic N) is 1. The quantitative estimate of drug-likeness (QED) is 0.849. The molecule has 2 unspecified atom stereocenters. The van der Waals surface area contributed by atoms with Crippen molar-refractivity contribution < 1.29 is 14.7 Å². The first-order chi connectivity index (χ1) is 9.66. The van der Waals surface area contributed by atoms with Crippen LogP contribution in [-0.2, 0) is 16.0 Å². The minimum atomic E-state index is -0.842. The molecule has 2 atom stereocenters. The van der Waals surface area contributed by atoms with Gasteiger partial charge in [0, 0.05) is 23.9 Å². The first-order valence-corrected chi connectivity index (χ1v) is 7.75. The molecule has 2 aliphatic heterocycles. The van der Waals surface area contributed by atoms with Gasteiger partial charge in [-0.05, 0) is 18.1 Å². The van der Waals surface area contributed by atoms with Crippen LogP contribution in [-0.4, -0.2) is 41.2 Å². The highest BCUT2D eigenvalue weighted by Crippen LogP contribution is 2.30. The lowest BCUT2D eigenvalue weighted by Crippen LogP contribution is -2.50. The van der Waals surface area contributed by atoms with E-state index in [-0.39, 0.29) is 18.5 Å². The summed E-state index contributed by atoms with van der Waals surface area (Å²) < 4.78 is 0. The molecule has 20 heavy (non-hydrogen) atoms. The predicted molar refractivity (Wildman–Crippen MR) is 77.9 cm³/mol. The molecule has 2 N–H and O–H groups in total. The Labute approximate surface area is 121 Å². The molecule has 1 aromatic rings. The zero-order valence-electron chi connectivity index (χ0n) is 10.9. The van der Waals surface area contributed by atoms with Gasteiger partial charge < -0.3 is 10.0 Å². The van der Waals surface area contributed by atoms with Crippen molar-refractivity contribution in [3.8, 4) is 0 Å². The van der Waals surface area contributed by atoms with Crippen molar-refractivity contribution in [1.82, 2.24) is 5.32 Å². The lowest BCUT2D eigenvalue weighted by molar-refractivity contribution is -0.141. The van der Waals surface area contributed by atoms with Crippen LogP contribution in [0.5, 0.6) is 0 Å². The summed E-state index contributed by atoms with van der Waals surface area (Å²) in [6, 6.07) is 7.36. The monoisotopic (exact) mass is 292 g/mol. The molecule has 0 aliphatic carbocycles. The van der Waals surface area contributed by atoms with Crippen molar-refractivity contribution >= 4 is 29.3 Å². The smallest absolute Gasteiger partial charge is 0.308 e. The van der Waals surface area contributed by atoms with Crippen LogP contribution in [0.3, 0.4) is 0 Å². The number of carboxylic acids is 1. The molecule has 0 spiro atoms. The van der Waals surface area contributed by atoms with E-state index >= 15 is 0 Å². The van der Waals surface area contributed by atoms with E-state index < -0.39 is 11.9 Å². The maximum absolute atomic E-state index is 12.6. The molecule has 0 radical (unpaired) electrons. The van der Waals surface area contributed by atoms with Crippen LogP contribution < -0.4 is 10.2 Å². The number of para-hydroxylation sites is 1. The highest BCUT2D eigenvalue weighted by atomic mass is 32.2. The molecule has 6 heteroatoms. The van der Waals surface area contributed by atoms with Gasteiger partial charge in [0.1, 0.15) is 0 Å². The first-order valence-electron chi connectivity index (χ1n) is 6.60. The fourth-order valence-electron chi connectivity index (χ4n) is 2.71. The van der Waals surface area contributed by atoms with Gasteiger partial charge in [-0.3, -0.25) is 14.9 Å². The van der Waals surface area contributed by atoms with E-state index in [2.05, 4.69) is 5.32 Å². The van der Waals surface area contributed by atoms with Crippen molar-refractivity contribution in [3.05, 3.63) is 29.8 Å². The second kappa shape index (κ2) is 5.46. The van der Waals surface area contributed by atoms with E-state index in [1.807, 2.05) is 24.3 Å². The topological polar surface area (TPSA) is 69.6 Å². The molecule has 2 aliphatic rings. The van der Waals surface area contributed by atoms with Gasteiger partial charge in [-0.25, -0.2) is 0 Å². The Morgan fingerprint density at radius 1 is 1.35 bits per heavy atom. The largest absolute Gasteiger partial charge is 0.481 e. The minimum Gasteiger partial charge on any atom is -0.481 e. The molecule has 5 nitrogen and oxygen atoms in total. The van der Waals surface area contributed by atoms with Gasteiger partial charge in [-0.15, -0.1) is 11.8 Å². The van der Waals surface area contributed by atoms with Crippen molar-refractivity contribution in [3.63, 3.8) is 0 Å². The van der Waals surface area contributed by atoms with Crippen LogP contribution in [0, 0.1) is 5.92 Å². The van der Waals surface area contributed by atoms with Crippen LogP contribution in [0.15, 0.2) is 24.3 Å². The number of anilines is 1. The fraction of sp³-hybridized carbons (Fsp3) is 0.429. The second-order valence-corrected chi connectivity index (χ2v) is 6.12. The Morgan fingerprint density at radius 3 is 2.85 bits per heavy atom. The fourth-order valence-corrected chi connectivity index (χ4v) is 3.64. The maximum Gasteiger partial charge on any atom is 0.308 e. The van der Waals surface area contributed by atoms with Gasteiger partial charge in [0.05, 0.1) is 12.0 Å². The number of nitrogens with one attached hydrogen (secondary N) is 1. The minimum absolute atomic E-state index is 0.0200. The Morgan fingerprint density at radius 2 is 2.15 bits per heavy atom. The molecule has 1 aromatic carbocycles. The number of aliphatic carboxylic acids is 1. The number of amides is 1. The number of rotatable bonds is 2. The molecule has 0 saturated carbocycles. The summed E-state index contributed by atoms with van der Waals surface area (Å²) in [6.07, 6.45) is 0.488. The number of hydrogen-bond donors (Lipinski definition) is 2.